The van der Waals surface area contributed by atoms with Crippen LogP contribution in [0.4, 0.5) is 5.69 Å². The summed E-state index contributed by atoms with van der Waals surface area (Å²) in [6.45, 7) is 0. The Bertz CT molecular complexity index is 830. The molecule has 0 saturated heterocycles. The van der Waals surface area contributed by atoms with Crippen molar-refractivity contribution < 1.29 is 0 Å². The molecule has 0 aliphatic heterocycles. The van der Waals surface area contributed by atoms with Crippen LogP contribution in [0.2, 0.25) is 10.2 Å². The van der Waals surface area contributed by atoms with E-state index in [0.29, 0.717) is 10.2 Å². The highest BCUT2D eigenvalue weighted by atomic mass is 79.9. The second kappa shape index (κ2) is 6.14. The van der Waals surface area contributed by atoms with Crippen molar-refractivity contribution in [2.45, 2.75) is 0 Å². The molecule has 0 aliphatic rings. The van der Waals surface area contributed by atoms with Crippen molar-refractivity contribution in [3.05, 3.63) is 68.7 Å². The van der Waals surface area contributed by atoms with Crippen LogP contribution in [-0.4, -0.2) is 11.2 Å². The van der Waals surface area contributed by atoms with Crippen molar-refractivity contribution in [1.82, 2.24) is 4.98 Å². The van der Waals surface area contributed by atoms with E-state index in [9.17, 15) is 0 Å². The quantitative estimate of drug-likeness (QED) is 0.392. The summed E-state index contributed by atoms with van der Waals surface area (Å²) in [5.74, 6) is 0. The Labute approximate surface area is 140 Å². The minimum Gasteiger partial charge on any atom is -0.256 e. The van der Waals surface area contributed by atoms with Crippen LogP contribution >= 0.6 is 39.1 Å². The lowest BCUT2D eigenvalue weighted by Gasteiger charge is -2.02. The molecule has 0 atom stereocenters. The number of halogens is 3. The molecule has 3 aromatic rings. The fraction of sp³-hybridized carbons (Fsp3) is 0. The Hall–Kier alpha value is -1.42. The predicted molar refractivity (Wildman–Crippen MR) is 93.2 cm³/mol. The summed E-state index contributed by atoms with van der Waals surface area (Å²) in [7, 11) is 0. The van der Waals surface area contributed by atoms with E-state index in [1.54, 1.807) is 18.3 Å². The Morgan fingerprint density at radius 3 is 2.52 bits per heavy atom. The third-order valence-electron chi connectivity index (χ3n) is 2.94. The zero-order chi connectivity index (χ0) is 14.8. The molecule has 3 rings (SSSR count). The summed E-state index contributed by atoms with van der Waals surface area (Å²) < 4.78 is 1.000. The molecule has 0 spiro atoms. The van der Waals surface area contributed by atoms with E-state index in [0.717, 1.165) is 26.6 Å². The van der Waals surface area contributed by atoms with Crippen LogP contribution in [-0.2, 0) is 0 Å². The molecule has 1 aromatic heterocycles. The second-order valence-corrected chi connectivity index (χ2v) is 6.15. The Balaban J connectivity index is 1.99. The maximum absolute atomic E-state index is 6.20. The minimum absolute atomic E-state index is 0.433. The van der Waals surface area contributed by atoms with Crippen LogP contribution in [0.3, 0.4) is 0 Å². The fourth-order valence-electron chi connectivity index (χ4n) is 1.90. The van der Waals surface area contributed by atoms with Gasteiger partial charge in [-0.15, -0.1) is 0 Å². The molecular formula is C16H9BrCl2N2. The summed E-state index contributed by atoms with van der Waals surface area (Å²) >= 11 is 15.5. The average molecular weight is 380 g/mol. The number of pyridine rings is 1. The molecule has 0 unspecified atom stereocenters. The monoisotopic (exact) mass is 378 g/mol. The van der Waals surface area contributed by atoms with Crippen molar-refractivity contribution in [1.29, 1.82) is 0 Å². The van der Waals surface area contributed by atoms with Gasteiger partial charge in [-0.25, -0.2) is 4.98 Å². The van der Waals surface area contributed by atoms with Gasteiger partial charge in [0.05, 0.1) is 11.2 Å². The van der Waals surface area contributed by atoms with Gasteiger partial charge in [-0.05, 0) is 48.5 Å². The van der Waals surface area contributed by atoms with Gasteiger partial charge < -0.3 is 0 Å². The van der Waals surface area contributed by atoms with Crippen LogP contribution < -0.4 is 0 Å². The van der Waals surface area contributed by atoms with Crippen molar-refractivity contribution in [3.8, 4) is 0 Å². The van der Waals surface area contributed by atoms with Gasteiger partial charge in [-0.2, -0.15) is 0 Å². The van der Waals surface area contributed by atoms with Crippen molar-refractivity contribution in [2.24, 2.45) is 4.99 Å². The van der Waals surface area contributed by atoms with Crippen molar-refractivity contribution in [3.63, 3.8) is 0 Å². The summed E-state index contributed by atoms with van der Waals surface area (Å²) in [6, 6.07) is 15.1. The van der Waals surface area contributed by atoms with Gasteiger partial charge in [0.2, 0.25) is 0 Å². The largest absolute Gasteiger partial charge is 0.256 e. The highest BCUT2D eigenvalue weighted by Gasteiger charge is 2.03. The zero-order valence-electron chi connectivity index (χ0n) is 10.7. The summed E-state index contributed by atoms with van der Waals surface area (Å²) in [4.78, 5) is 8.76. The number of hydrogen-bond donors (Lipinski definition) is 0. The highest BCUT2D eigenvalue weighted by molar-refractivity contribution is 9.10. The molecule has 0 amide bonds. The molecule has 0 aliphatic carbocycles. The van der Waals surface area contributed by atoms with Crippen molar-refractivity contribution >= 4 is 61.9 Å². The van der Waals surface area contributed by atoms with Gasteiger partial charge in [0, 0.05) is 26.7 Å². The molecule has 2 nitrogen and oxygen atoms in total. The molecule has 0 saturated carbocycles. The average Bonchev–Trinajstić information content (AvgIpc) is 2.47. The maximum Gasteiger partial charge on any atom is 0.138 e. The van der Waals surface area contributed by atoms with E-state index < -0.39 is 0 Å². The Kier molecular flexibility index (Phi) is 4.24. The Morgan fingerprint density at radius 1 is 1.00 bits per heavy atom. The summed E-state index contributed by atoms with van der Waals surface area (Å²) in [6.07, 6.45) is 1.71. The maximum atomic E-state index is 6.20. The molecule has 1 heterocycles. The second-order valence-electron chi connectivity index (χ2n) is 4.44. The van der Waals surface area contributed by atoms with Crippen LogP contribution in [0.25, 0.3) is 10.9 Å². The van der Waals surface area contributed by atoms with E-state index >= 15 is 0 Å². The number of aromatic nitrogens is 1. The number of nitrogens with zero attached hydrogens (tertiary/aromatic N) is 2. The van der Waals surface area contributed by atoms with Crippen LogP contribution in [0.15, 0.2) is 58.0 Å². The first-order valence-corrected chi connectivity index (χ1v) is 7.72. The van der Waals surface area contributed by atoms with E-state index in [4.69, 9.17) is 23.2 Å². The molecule has 0 N–H and O–H groups in total. The summed E-state index contributed by atoms with van der Waals surface area (Å²) in [5.41, 5.74) is 2.44. The number of rotatable bonds is 2. The van der Waals surface area contributed by atoms with Crippen molar-refractivity contribution in [2.75, 3.05) is 0 Å². The van der Waals surface area contributed by atoms with Gasteiger partial charge >= 0.3 is 0 Å². The van der Waals surface area contributed by atoms with Gasteiger partial charge in [-0.1, -0.05) is 39.1 Å². The summed E-state index contributed by atoms with van der Waals surface area (Å²) in [5, 5.41) is 2.12. The van der Waals surface area contributed by atoms with Crippen LogP contribution in [0.5, 0.6) is 0 Å². The third kappa shape index (κ3) is 3.43. The number of aliphatic imine (C=N–C) groups is 1. The zero-order valence-corrected chi connectivity index (χ0v) is 13.8. The molecule has 0 fully saturated rings. The van der Waals surface area contributed by atoms with E-state index in [2.05, 4.69) is 25.9 Å². The predicted octanol–water partition coefficient (Wildman–Crippen LogP) is 6.05. The first kappa shape index (κ1) is 14.5. The van der Waals surface area contributed by atoms with Gasteiger partial charge in [0.1, 0.15) is 5.15 Å². The van der Waals surface area contributed by atoms with Crippen LogP contribution in [0.1, 0.15) is 5.56 Å². The minimum atomic E-state index is 0.433. The lowest BCUT2D eigenvalue weighted by Crippen LogP contribution is -1.89. The lowest BCUT2D eigenvalue weighted by molar-refractivity contribution is 1.39. The molecule has 0 radical (unpaired) electrons. The SMILES string of the molecule is Clc1ccc(N=Cc2cc3cc(Br)ccc3nc2Cl)cc1. The molecule has 104 valence electrons. The van der Waals surface area contributed by atoms with E-state index in [-0.39, 0.29) is 0 Å². The van der Waals surface area contributed by atoms with Gasteiger partial charge in [0.25, 0.3) is 0 Å². The fourth-order valence-corrected chi connectivity index (χ4v) is 2.60. The third-order valence-corrected chi connectivity index (χ3v) is 3.98. The van der Waals surface area contributed by atoms with Gasteiger partial charge in [-0.3, -0.25) is 4.99 Å². The molecule has 21 heavy (non-hydrogen) atoms. The topological polar surface area (TPSA) is 25.2 Å². The standard InChI is InChI=1S/C16H9BrCl2N2/c17-12-1-6-15-10(8-12)7-11(16(19)21-15)9-20-14-4-2-13(18)3-5-14/h1-9H. The molecule has 5 heteroatoms. The van der Waals surface area contributed by atoms with Gasteiger partial charge in [0.15, 0.2) is 0 Å². The smallest absolute Gasteiger partial charge is 0.138 e. The highest BCUT2D eigenvalue weighted by Crippen LogP contribution is 2.23. The molecular weight excluding hydrogens is 371 g/mol. The van der Waals surface area contributed by atoms with E-state index in [1.165, 1.54) is 0 Å². The lowest BCUT2D eigenvalue weighted by atomic mass is 10.2. The number of fused-ring (bicyclic) bond motifs is 1. The first-order valence-electron chi connectivity index (χ1n) is 6.17. The van der Waals surface area contributed by atoms with E-state index in [1.807, 2.05) is 36.4 Å². The molecule has 0 bridgehead atoms. The normalized spacial score (nSPS) is 11.4. The molecule has 2 aromatic carbocycles. The van der Waals surface area contributed by atoms with Crippen LogP contribution in [0, 0.1) is 0 Å². The Morgan fingerprint density at radius 2 is 1.76 bits per heavy atom. The number of hydrogen-bond acceptors (Lipinski definition) is 2. The first-order chi connectivity index (χ1) is 10.1. The number of benzene rings is 2.